The molecule has 0 bridgehead atoms. The van der Waals surface area contributed by atoms with Gasteiger partial charge in [-0.25, -0.2) is 14.8 Å². The normalized spacial score (nSPS) is 9.98. The summed E-state index contributed by atoms with van der Waals surface area (Å²) in [5.41, 5.74) is 5.54. The standard InChI is InChI=1S/C17H20N4O5.C12H12N4O3.2CH4/c1-17(2,3)26-16(22)20-15-10-12(7-8-19-15)25-11-5-6-13(18-4)14(9-11)21(23)24;1-14-10-3-2-8(6-11(10)16(17)18)19-9-4-5-15-12(13)7-9;;/h5-10,18H,1-4H3,(H,19,20,22);2-7,14H,1H3,(H2,13,15);2*1H4. The number of nitrogens with one attached hydrogen (secondary N) is 3. The molecule has 2 aromatic heterocycles. The van der Waals surface area contributed by atoms with Gasteiger partial charge in [0.25, 0.3) is 11.4 Å². The minimum absolute atomic E-state index is 0. The maximum Gasteiger partial charge on any atom is 0.413 e. The van der Waals surface area contributed by atoms with Gasteiger partial charge in [-0.1, -0.05) is 14.9 Å². The number of benzene rings is 2. The van der Waals surface area contributed by atoms with E-state index in [1.807, 2.05) is 0 Å². The number of nitrogen functional groups attached to an aromatic ring is 1. The number of rotatable bonds is 9. The maximum absolute atomic E-state index is 11.8. The minimum Gasteiger partial charge on any atom is -0.457 e. The number of nitrogens with zero attached hydrogens (tertiary/aromatic N) is 4. The van der Waals surface area contributed by atoms with Gasteiger partial charge in [0.05, 0.1) is 22.0 Å². The molecule has 0 spiro atoms. The lowest BCUT2D eigenvalue weighted by molar-refractivity contribution is -0.384. The van der Waals surface area contributed by atoms with Crippen LogP contribution in [0.1, 0.15) is 35.6 Å². The minimum atomic E-state index is -0.642. The highest BCUT2D eigenvalue weighted by molar-refractivity contribution is 5.83. The highest BCUT2D eigenvalue weighted by Crippen LogP contribution is 2.33. The Balaban J connectivity index is 0.000000470. The number of aromatic nitrogens is 2. The van der Waals surface area contributed by atoms with Crippen molar-refractivity contribution in [3.05, 3.63) is 93.3 Å². The van der Waals surface area contributed by atoms with Gasteiger partial charge in [0.1, 0.15) is 51.6 Å². The van der Waals surface area contributed by atoms with Gasteiger partial charge in [-0.3, -0.25) is 25.5 Å². The fourth-order valence-electron chi connectivity index (χ4n) is 3.59. The molecule has 0 unspecified atom stereocenters. The summed E-state index contributed by atoms with van der Waals surface area (Å²) < 4.78 is 16.3. The smallest absolute Gasteiger partial charge is 0.413 e. The van der Waals surface area contributed by atoms with Gasteiger partial charge in [-0.2, -0.15) is 0 Å². The van der Waals surface area contributed by atoms with E-state index >= 15 is 0 Å². The summed E-state index contributed by atoms with van der Waals surface area (Å²) in [6.07, 6.45) is 2.30. The summed E-state index contributed by atoms with van der Waals surface area (Å²) in [5, 5.41) is 30.0. The first-order valence-corrected chi connectivity index (χ1v) is 13.2. The van der Waals surface area contributed by atoms with Crippen molar-refractivity contribution in [3.8, 4) is 23.0 Å². The van der Waals surface area contributed by atoms with Crippen LogP contribution in [-0.4, -0.2) is 45.6 Å². The molecule has 0 aliphatic heterocycles. The van der Waals surface area contributed by atoms with Gasteiger partial charge >= 0.3 is 6.09 Å². The van der Waals surface area contributed by atoms with Crippen LogP contribution in [0.5, 0.6) is 23.0 Å². The van der Waals surface area contributed by atoms with E-state index in [-0.39, 0.29) is 37.8 Å². The summed E-state index contributed by atoms with van der Waals surface area (Å²) in [7, 11) is 3.22. The van der Waals surface area contributed by atoms with Crippen LogP contribution in [0.2, 0.25) is 0 Å². The van der Waals surface area contributed by atoms with Gasteiger partial charge in [-0.15, -0.1) is 0 Å². The van der Waals surface area contributed by atoms with Crippen LogP contribution in [0.3, 0.4) is 0 Å². The third-order valence-electron chi connectivity index (χ3n) is 5.45. The van der Waals surface area contributed by atoms with Crippen LogP contribution in [0, 0.1) is 20.2 Å². The van der Waals surface area contributed by atoms with E-state index in [0.29, 0.717) is 34.4 Å². The van der Waals surface area contributed by atoms with Crippen molar-refractivity contribution in [2.75, 3.05) is 35.8 Å². The number of hydrogen-bond donors (Lipinski definition) is 4. The Hall–Kier alpha value is -6.19. The van der Waals surface area contributed by atoms with Gasteiger partial charge in [0, 0.05) is 38.6 Å². The summed E-state index contributed by atoms with van der Waals surface area (Å²) in [6, 6.07) is 15.2. The van der Waals surface area contributed by atoms with Crippen molar-refractivity contribution in [2.45, 2.75) is 41.2 Å². The van der Waals surface area contributed by atoms with E-state index in [1.165, 1.54) is 36.7 Å². The molecule has 4 rings (SSSR count). The molecule has 0 saturated carbocycles. The van der Waals surface area contributed by atoms with Gasteiger partial charge in [-0.05, 0) is 57.2 Å². The molecule has 1 amide bonds. The monoisotopic (exact) mass is 652 g/mol. The molecule has 47 heavy (non-hydrogen) atoms. The fourth-order valence-corrected chi connectivity index (χ4v) is 3.59. The Kier molecular flexibility index (Phi) is 14.3. The van der Waals surface area contributed by atoms with Gasteiger partial charge < -0.3 is 30.6 Å². The average molecular weight is 653 g/mol. The SMILES string of the molecule is C.C.CNc1ccc(Oc2ccnc(N)c2)cc1[N+](=O)[O-].CNc1ccc(Oc2ccnc(NC(=O)OC(C)(C)C)c2)cc1[N+](=O)[O-]. The number of pyridine rings is 2. The number of carbonyl (C=O) groups excluding carboxylic acids is 1. The molecular weight excluding hydrogens is 612 g/mol. The van der Waals surface area contributed by atoms with Gasteiger partial charge in [0.2, 0.25) is 0 Å². The third-order valence-corrected chi connectivity index (χ3v) is 5.45. The Morgan fingerprint density at radius 1 is 0.745 bits per heavy atom. The zero-order chi connectivity index (χ0) is 33.1. The highest BCUT2D eigenvalue weighted by Gasteiger charge is 2.18. The van der Waals surface area contributed by atoms with Crippen LogP contribution in [0.4, 0.5) is 39.2 Å². The van der Waals surface area contributed by atoms with Crippen LogP contribution >= 0.6 is 0 Å². The molecule has 16 nitrogen and oxygen atoms in total. The van der Waals surface area contributed by atoms with E-state index in [0.717, 1.165) is 0 Å². The first-order valence-electron chi connectivity index (χ1n) is 13.2. The lowest BCUT2D eigenvalue weighted by atomic mass is 10.2. The maximum atomic E-state index is 11.8. The predicted molar refractivity (Wildman–Crippen MR) is 182 cm³/mol. The molecule has 2 aromatic carbocycles. The second-order valence-electron chi connectivity index (χ2n) is 10.00. The third kappa shape index (κ3) is 12.0. The van der Waals surface area contributed by atoms with E-state index in [9.17, 15) is 25.0 Å². The molecule has 5 N–H and O–H groups in total. The van der Waals surface area contributed by atoms with E-state index in [1.54, 1.807) is 71.3 Å². The second kappa shape index (κ2) is 17.3. The number of nitrogens with two attached hydrogens (primary N) is 1. The molecule has 0 radical (unpaired) electrons. The molecular formula is C31H40N8O8. The summed E-state index contributed by atoms with van der Waals surface area (Å²) >= 11 is 0. The Labute approximate surface area is 272 Å². The summed E-state index contributed by atoms with van der Waals surface area (Å²) in [4.78, 5) is 40.7. The van der Waals surface area contributed by atoms with E-state index in [4.69, 9.17) is 19.9 Å². The zero-order valence-corrected chi connectivity index (χ0v) is 25.1. The van der Waals surface area contributed by atoms with Crippen LogP contribution in [0.25, 0.3) is 0 Å². The molecule has 0 fully saturated rings. The predicted octanol–water partition coefficient (Wildman–Crippen LogP) is 7.85. The quantitative estimate of drug-likeness (QED) is 0.100. The number of nitro groups is 2. The van der Waals surface area contributed by atoms with E-state index in [2.05, 4.69) is 25.9 Å². The Morgan fingerprint density at radius 2 is 1.19 bits per heavy atom. The summed E-state index contributed by atoms with van der Waals surface area (Å²) in [5.74, 6) is 2.02. The van der Waals surface area contributed by atoms with Crippen molar-refractivity contribution in [1.29, 1.82) is 0 Å². The molecule has 252 valence electrons. The molecule has 0 aliphatic rings. The topological polar surface area (TPSA) is 219 Å². The average Bonchev–Trinajstić information content (AvgIpc) is 2.96. The van der Waals surface area contributed by atoms with Crippen LogP contribution in [-0.2, 0) is 4.74 Å². The fraction of sp³-hybridized carbons (Fsp3) is 0.258. The number of nitro benzene ring substituents is 2. The number of anilines is 4. The highest BCUT2D eigenvalue weighted by atomic mass is 16.6. The second-order valence-corrected chi connectivity index (χ2v) is 10.00. The largest absolute Gasteiger partial charge is 0.457 e. The molecule has 2 heterocycles. The summed E-state index contributed by atoms with van der Waals surface area (Å²) in [6.45, 7) is 5.25. The number of carbonyl (C=O) groups is 1. The van der Waals surface area contributed by atoms with Crippen molar-refractivity contribution in [3.63, 3.8) is 0 Å². The number of ether oxygens (including phenoxy) is 3. The van der Waals surface area contributed by atoms with Gasteiger partial charge in [0.15, 0.2) is 0 Å². The van der Waals surface area contributed by atoms with Crippen LogP contribution in [0.15, 0.2) is 73.1 Å². The molecule has 4 aromatic rings. The van der Waals surface area contributed by atoms with Crippen molar-refractivity contribution in [2.24, 2.45) is 0 Å². The van der Waals surface area contributed by atoms with Crippen molar-refractivity contribution in [1.82, 2.24) is 9.97 Å². The van der Waals surface area contributed by atoms with Crippen molar-refractivity contribution >= 4 is 40.5 Å². The Morgan fingerprint density at radius 3 is 1.62 bits per heavy atom. The van der Waals surface area contributed by atoms with E-state index < -0.39 is 21.5 Å². The number of amides is 1. The molecule has 0 atom stereocenters. The molecule has 0 aliphatic carbocycles. The number of hydrogen-bond acceptors (Lipinski definition) is 13. The lowest BCUT2D eigenvalue weighted by Crippen LogP contribution is -2.27. The molecule has 0 saturated heterocycles. The van der Waals surface area contributed by atoms with Crippen molar-refractivity contribution < 1.29 is 28.9 Å². The lowest BCUT2D eigenvalue weighted by Gasteiger charge is -2.19. The first kappa shape index (κ1) is 38.8. The molecule has 16 heteroatoms. The zero-order valence-electron chi connectivity index (χ0n) is 25.1. The Bertz CT molecular complexity index is 1680. The first-order chi connectivity index (χ1) is 21.3. The van der Waals surface area contributed by atoms with Crippen LogP contribution < -0.4 is 31.2 Å².